The smallest absolute Gasteiger partial charge is 0.0849 e. The first-order valence-corrected chi connectivity index (χ1v) is 6.20. The van der Waals surface area contributed by atoms with Crippen molar-refractivity contribution < 1.29 is 5.11 Å². The second kappa shape index (κ2) is 5.31. The number of nitrogens with zero attached hydrogens (tertiary/aromatic N) is 3. The summed E-state index contributed by atoms with van der Waals surface area (Å²) in [5.74, 6) is 0. The quantitative estimate of drug-likeness (QED) is 0.900. The summed E-state index contributed by atoms with van der Waals surface area (Å²) < 4.78 is 1.90. The van der Waals surface area contributed by atoms with Gasteiger partial charge in [-0.15, -0.1) is 0 Å². The van der Waals surface area contributed by atoms with Gasteiger partial charge in [-0.25, -0.2) is 0 Å². The minimum atomic E-state index is -0.525. The van der Waals surface area contributed by atoms with Crippen LogP contribution in [-0.4, -0.2) is 19.9 Å². The molecule has 0 bridgehead atoms. The summed E-state index contributed by atoms with van der Waals surface area (Å²) in [4.78, 5) is 4.03. The fourth-order valence-electron chi connectivity index (χ4n) is 1.94. The van der Waals surface area contributed by atoms with Gasteiger partial charge in [-0.1, -0.05) is 0 Å². The Balaban J connectivity index is 2.11. The first-order valence-electron chi connectivity index (χ1n) is 6.20. The lowest BCUT2D eigenvalue weighted by Gasteiger charge is -2.12. The van der Waals surface area contributed by atoms with E-state index in [1.807, 2.05) is 29.9 Å². The molecule has 4 nitrogen and oxygen atoms in total. The molecule has 2 heterocycles. The lowest BCUT2D eigenvalue weighted by molar-refractivity contribution is 0.176. The van der Waals surface area contributed by atoms with E-state index in [1.54, 1.807) is 12.4 Å². The van der Waals surface area contributed by atoms with E-state index in [-0.39, 0.29) is 0 Å². The molecule has 0 saturated heterocycles. The van der Waals surface area contributed by atoms with E-state index in [1.165, 1.54) is 0 Å². The lowest BCUT2D eigenvalue weighted by atomic mass is 10.0. The SMILES string of the molecule is Cc1cnccc1C(O)Cc1ccn(C(C)C)n1. The Morgan fingerprint density at radius 1 is 1.33 bits per heavy atom. The third-order valence-corrected chi connectivity index (χ3v) is 3.02. The highest BCUT2D eigenvalue weighted by molar-refractivity contribution is 5.25. The van der Waals surface area contributed by atoms with Crippen LogP contribution in [0.15, 0.2) is 30.7 Å². The first kappa shape index (κ1) is 12.8. The zero-order valence-corrected chi connectivity index (χ0v) is 11.0. The van der Waals surface area contributed by atoms with E-state index in [0.29, 0.717) is 12.5 Å². The van der Waals surface area contributed by atoms with Gasteiger partial charge < -0.3 is 5.11 Å². The Hall–Kier alpha value is -1.68. The van der Waals surface area contributed by atoms with Crippen LogP contribution in [0.25, 0.3) is 0 Å². The van der Waals surface area contributed by atoms with Crippen molar-refractivity contribution in [2.24, 2.45) is 0 Å². The van der Waals surface area contributed by atoms with Crippen molar-refractivity contribution in [2.45, 2.75) is 39.3 Å². The minimum Gasteiger partial charge on any atom is -0.388 e. The molecule has 0 saturated carbocycles. The van der Waals surface area contributed by atoms with E-state index in [0.717, 1.165) is 16.8 Å². The number of aryl methyl sites for hydroxylation is 1. The van der Waals surface area contributed by atoms with Crippen molar-refractivity contribution in [1.29, 1.82) is 0 Å². The molecule has 0 radical (unpaired) electrons. The van der Waals surface area contributed by atoms with Crippen LogP contribution in [0.1, 0.15) is 42.8 Å². The molecular weight excluding hydrogens is 226 g/mol. The Labute approximate surface area is 107 Å². The second-order valence-corrected chi connectivity index (χ2v) is 4.83. The maximum atomic E-state index is 10.2. The number of aliphatic hydroxyl groups excluding tert-OH is 1. The van der Waals surface area contributed by atoms with Crippen molar-refractivity contribution in [3.8, 4) is 0 Å². The molecule has 0 amide bonds. The highest BCUT2D eigenvalue weighted by atomic mass is 16.3. The standard InChI is InChI=1S/C14H19N3O/c1-10(2)17-7-5-12(16-17)8-14(18)13-4-6-15-9-11(13)3/h4-7,9-10,14,18H,8H2,1-3H3. The maximum Gasteiger partial charge on any atom is 0.0849 e. The van der Waals surface area contributed by atoms with E-state index in [9.17, 15) is 5.11 Å². The molecular formula is C14H19N3O. The molecule has 0 aliphatic heterocycles. The van der Waals surface area contributed by atoms with E-state index < -0.39 is 6.10 Å². The predicted octanol–water partition coefficient (Wildman–Crippen LogP) is 2.44. The van der Waals surface area contributed by atoms with Crippen LogP contribution < -0.4 is 0 Å². The highest BCUT2D eigenvalue weighted by Crippen LogP contribution is 2.20. The molecule has 18 heavy (non-hydrogen) atoms. The van der Waals surface area contributed by atoms with Gasteiger partial charge in [-0.3, -0.25) is 9.67 Å². The summed E-state index contributed by atoms with van der Waals surface area (Å²) in [7, 11) is 0. The lowest BCUT2D eigenvalue weighted by Crippen LogP contribution is -2.06. The molecule has 2 rings (SSSR count). The zero-order chi connectivity index (χ0) is 13.1. The van der Waals surface area contributed by atoms with Gasteiger partial charge in [0.25, 0.3) is 0 Å². The number of hydrogen-bond donors (Lipinski definition) is 1. The van der Waals surface area contributed by atoms with Crippen molar-refractivity contribution in [3.05, 3.63) is 47.5 Å². The topological polar surface area (TPSA) is 50.9 Å². The van der Waals surface area contributed by atoms with Crippen LogP contribution in [-0.2, 0) is 6.42 Å². The second-order valence-electron chi connectivity index (χ2n) is 4.83. The molecule has 0 aromatic carbocycles. The summed E-state index contributed by atoms with van der Waals surface area (Å²) in [6.07, 6.45) is 5.43. The number of aliphatic hydroxyl groups is 1. The fourth-order valence-corrected chi connectivity index (χ4v) is 1.94. The van der Waals surface area contributed by atoms with Gasteiger partial charge in [0.05, 0.1) is 11.8 Å². The van der Waals surface area contributed by atoms with E-state index >= 15 is 0 Å². The van der Waals surface area contributed by atoms with Crippen LogP contribution in [0.2, 0.25) is 0 Å². The van der Waals surface area contributed by atoms with Gasteiger partial charge in [0.2, 0.25) is 0 Å². The van der Waals surface area contributed by atoms with Gasteiger partial charge in [0, 0.05) is 31.1 Å². The number of hydrogen-bond acceptors (Lipinski definition) is 3. The van der Waals surface area contributed by atoms with Crippen LogP contribution in [0.4, 0.5) is 0 Å². The molecule has 1 atom stereocenters. The summed E-state index contributed by atoms with van der Waals surface area (Å²) in [5, 5.41) is 14.7. The average Bonchev–Trinajstić information content (AvgIpc) is 2.78. The molecule has 96 valence electrons. The monoisotopic (exact) mass is 245 g/mol. The van der Waals surface area contributed by atoms with Gasteiger partial charge >= 0.3 is 0 Å². The number of aromatic nitrogens is 3. The molecule has 2 aromatic rings. The molecule has 0 spiro atoms. The van der Waals surface area contributed by atoms with Gasteiger partial charge in [-0.05, 0) is 44.0 Å². The van der Waals surface area contributed by atoms with E-state index in [4.69, 9.17) is 0 Å². The Morgan fingerprint density at radius 3 is 2.72 bits per heavy atom. The third-order valence-electron chi connectivity index (χ3n) is 3.02. The average molecular weight is 245 g/mol. The fraction of sp³-hybridized carbons (Fsp3) is 0.429. The first-order chi connectivity index (χ1) is 8.58. The van der Waals surface area contributed by atoms with Crippen LogP contribution in [0, 0.1) is 6.92 Å². The van der Waals surface area contributed by atoms with Gasteiger partial charge in [0.15, 0.2) is 0 Å². The molecule has 1 unspecified atom stereocenters. The normalized spacial score (nSPS) is 12.9. The van der Waals surface area contributed by atoms with E-state index in [2.05, 4.69) is 23.9 Å². The largest absolute Gasteiger partial charge is 0.388 e. The minimum absolute atomic E-state index is 0.346. The van der Waals surface area contributed by atoms with Crippen LogP contribution in [0.5, 0.6) is 0 Å². The van der Waals surface area contributed by atoms with Crippen molar-refractivity contribution in [3.63, 3.8) is 0 Å². The summed E-state index contributed by atoms with van der Waals surface area (Å²) in [6.45, 7) is 6.12. The van der Waals surface area contributed by atoms with Crippen LogP contribution >= 0.6 is 0 Å². The summed E-state index contributed by atoms with van der Waals surface area (Å²) in [5.41, 5.74) is 2.84. The molecule has 4 heteroatoms. The predicted molar refractivity (Wildman–Crippen MR) is 70.2 cm³/mol. The van der Waals surface area contributed by atoms with Crippen molar-refractivity contribution in [1.82, 2.24) is 14.8 Å². The summed E-state index contributed by atoms with van der Waals surface area (Å²) >= 11 is 0. The van der Waals surface area contributed by atoms with Crippen molar-refractivity contribution >= 4 is 0 Å². The van der Waals surface area contributed by atoms with Crippen molar-refractivity contribution in [2.75, 3.05) is 0 Å². The van der Waals surface area contributed by atoms with Gasteiger partial charge in [0.1, 0.15) is 0 Å². The Morgan fingerprint density at radius 2 is 2.11 bits per heavy atom. The molecule has 1 N–H and O–H groups in total. The van der Waals surface area contributed by atoms with Gasteiger partial charge in [-0.2, -0.15) is 5.10 Å². The molecule has 0 fully saturated rings. The Kier molecular flexibility index (Phi) is 3.77. The Bertz CT molecular complexity index is 519. The van der Waals surface area contributed by atoms with Crippen LogP contribution in [0.3, 0.4) is 0 Å². The molecule has 0 aliphatic rings. The maximum absolute atomic E-state index is 10.2. The molecule has 2 aromatic heterocycles. The number of pyridine rings is 1. The summed E-state index contributed by atoms with van der Waals surface area (Å²) in [6, 6.07) is 4.16. The highest BCUT2D eigenvalue weighted by Gasteiger charge is 2.13. The molecule has 0 aliphatic carbocycles. The zero-order valence-electron chi connectivity index (χ0n) is 11.0. The number of rotatable bonds is 4. The third kappa shape index (κ3) is 2.76.